The van der Waals surface area contributed by atoms with E-state index in [0.29, 0.717) is 31.4 Å². The molecule has 3 heterocycles. The second-order valence-corrected chi connectivity index (χ2v) is 8.41. The Kier molecular flexibility index (Phi) is 5.80. The molecule has 2 aromatic heterocycles. The van der Waals surface area contributed by atoms with Gasteiger partial charge in [-0.25, -0.2) is 9.79 Å². The smallest absolute Gasteiger partial charge is 0.338 e. The number of rotatable bonds is 5. The molecule has 0 aliphatic carbocycles. The third kappa shape index (κ3) is 4.06. The maximum Gasteiger partial charge on any atom is 0.338 e. The van der Waals surface area contributed by atoms with Gasteiger partial charge < -0.3 is 9.15 Å². The highest BCUT2D eigenvalue weighted by Crippen LogP contribution is 2.31. The molecule has 4 rings (SSSR count). The summed E-state index contributed by atoms with van der Waals surface area (Å²) in [6.45, 7) is 7.22. The van der Waals surface area contributed by atoms with Crippen molar-refractivity contribution in [2.75, 3.05) is 6.61 Å². The number of aryl methyl sites for hydroxylation is 1. The number of aromatic nitrogens is 1. The number of carbonyl (C=O) groups is 1. The van der Waals surface area contributed by atoms with Crippen LogP contribution in [0.1, 0.15) is 30.0 Å². The minimum absolute atomic E-state index is 0.0607. The Balaban J connectivity index is 1.93. The van der Waals surface area contributed by atoms with Crippen LogP contribution in [0.3, 0.4) is 0 Å². The fraction of sp³-hybridized carbons (Fsp3) is 0.174. The molecule has 0 saturated carbocycles. The summed E-state index contributed by atoms with van der Waals surface area (Å²) >= 11 is 7.30. The number of hydrogen-bond acceptors (Lipinski definition) is 6. The quantitative estimate of drug-likeness (QED) is 0.436. The highest BCUT2D eigenvalue weighted by atomic mass is 35.5. The van der Waals surface area contributed by atoms with E-state index in [0.717, 1.165) is 11.3 Å². The Morgan fingerprint density at radius 2 is 2.03 bits per heavy atom. The van der Waals surface area contributed by atoms with Gasteiger partial charge in [-0.15, -0.1) is 0 Å². The molecule has 6 nitrogen and oxygen atoms in total. The molecule has 1 aromatic carbocycles. The number of esters is 1. The average molecular weight is 455 g/mol. The molecule has 0 fully saturated rings. The molecule has 1 aliphatic heterocycles. The number of benzene rings is 1. The lowest BCUT2D eigenvalue weighted by Crippen LogP contribution is -2.39. The van der Waals surface area contributed by atoms with Crippen molar-refractivity contribution in [2.24, 2.45) is 4.99 Å². The molecule has 1 atom stereocenters. The number of thiazole rings is 1. The lowest BCUT2D eigenvalue weighted by atomic mass is 9.96. The van der Waals surface area contributed by atoms with Gasteiger partial charge in [0.2, 0.25) is 0 Å². The molecule has 0 saturated heterocycles. The summed E-state index contributed by atoms with van der Waals surface area (Å²) < 4.78 is 12.9. The Labute approximate surface area is 187 Å². The molecule has 0 N–H and O–H groups in total. The number of nitrogens with zero attached hydrogens (tertiary/aromatic N) is 2. The lowest BCUT2D eigenvalue weighted by molar-refractivity contribution is -0.138. The number of halogens is 1. The molecule has 0 bridgehead atoms. The standard InChI is InChI=1S/C23H19ClN2O4S/c1-4-11-29-22(28)19-14(3)25-23-26(20(19)15-6-8-16(24)9-7-15)21(27)18(31-23)12-17-10-5-13(2)30-17/h4-10,12,20H,1,11H2,2-3H3/b18-12-/t20-/m1/s1. The van der Waals surface area contributed by atoms with Crippen LogP contribution < -0.4 is 14.9 Å². The zero-order chi connectivity index (χ0) is 22.1. The van der Waals surface area contributed by atoms with Crippen LogP contribution in [-0.4, -0.2) is 17.1 Å². The van der Waals surface area contributed by atoms with Crippen LogP contribution in [-0.2, 0) is 9.53 Å². The average Bonchev–Trinajstić information content (AvgIpc) is 3.28. The molecule has 158 valence electrons. The van der Waals surface area contributed by atoms with Gasteiger partial charge in [-0.1, -0.05) is 47.7 Å². The summed E-state index contributed by atoms with van der Waals surface area (Å²) in [5, 5.41) is 0.556. The van der Waals surface area contributed by atoms with Crippen LogP contribution in [0.2, 0.25) is 5.02 Å². The largest absolute Gasteiger partial charge is 0.462 e. The lowest BCUT2D eigenvalue weighted by Gasteiger charge is -2.24. The second kappa shape index (κ2) is 8.53. The van der Waals surface area contributed by atoms with Crippen molar-refractivity contribution in [3.8, 4) is 0 Å². The van der Waals surface area contributed by atoms with E-state index < -0.39 is 12.0 Å². The number of hydrogen-bond donors (Lipinski definition) is 0. The fourth-order valence-corrected chi connectivity index (χ4v) is 4.57. The molecule has 3 aromatic rings. The first-order valence-electron chi connectivity index (χ1n) is 9.51. The van der Waals surface area contributed by atoms with Crippen LogP contribution in [0.25, 0.3) is 6.08 Å². The third-order valence-corrected chi connectivity index (χ3v) is 6.03. The molecule has 8 heteroatoms. The van der Waals surface area contributed by atoms with Crippen molar-refractivity contribution in [2.45, 2.75) is 19.9 Å². The van der Waals surface area contributed by atoms with Crippen molar-refractivity contribution in [3.05, 3.63) is 102 Å². The van der Waals surface area contributed by atoms with E-state index in [1.807, 2.05) is 13.0 Å². The van der Waals surface area contributed by atoms with E-state index in [4.69, 9.17) is 20.8 Å². The maximum absolute atomic E-state index is 13.4. The van der Waals surface area contributed by atoms with Crippen molar-refractivity contribution < 1.29 is 13.9 Å². The molecular formula is C23H19ClN2O4S. The first kappa shape index (κ1) is 21.1. The minimum atomic E-state index is -0.689. The Bertz CT molecular complexity index is 1380. The number of ether oxygens (including phenoxy) is 1. The number of fused-ring (bicyclic) bond motifs is 1. The van der Waals surface area contributed by atoms with E-state index in [1.165, 1.54) is 22.0 Å². The number of carbonyl (C=O) groups excluding carboxylic acids is 1. The van der Waals surface area contributed by atoms with Gasteiger partial charge in [0.25, 0.3) is 5.56 Å². The van der Waals surface area contributed by atoms with E-state index in [-0.39, 0.29) is 12.2 Å². The zero-order valence-corrected chi connectivity index (χ0v) is 18.5. The van der Waals surface area contributed by atoms with Crippen molar-refractivity contribution in [1.29, 1.82) is 0 Å². The van der Waals surface area contributed by atoms with Gasteiger partial charge in [-0.3, -0.25) is 9.36 Å². The van der Waals surface area contributed by atoms with Crippen molar-refractivity contribution in [3.63, 3.8) is 0 Å². The van der Waals surface area contributed by atoms with Crippen LogP contribution in [0.4, 0.5) is 0 Å². The Morgan fingerprint density at radius 3 is 2.68 bits per heavy atom. The third-order valence-electron chi connectivity index (χ3n) is 4.79. The first-order valence-corrected chi connectivity index (χ1v) is 10.7. The topological polar surface area (TPSA) is 73.8 Å². The molecule has 1 aliphatic rings. The Morgan fingerprint density at radius 1 is 1.29 bits per heavy atom. The first-order chi connectivity index (χ1) is 14.9. The van der Waals surface area contributed by atoms with Gasteiger partial charge in [0.05, 0.1) is 21.8 Å². The highest BCUT2D eigenvalue weighted by molar-refractivity contribution is 7.07. The van der Waals surface area contributed by atoms with Gasteiger partial charge >= 0.3 is 5.97 Å². The SMILES string of the molecule is C=CCOC(=O)C1=C(C)N=c2s/c(=C\c3ccc(C)o3)c(=O)n2[C@@H]1c1ccc(Cl)cc1. The number of furan rings is 1. The fourth-order valence-electron chi connectivity index (χ4n) is 3.42. The molecule has 0 amide bonds. The van der Waals surface area contributed by atoms with E-state index >= 15 is 0 Å². The van der Waals surface area contributed by atoms with Gasteiger partial charge in [0, 0.05) is 11.1 Å². The van der Waals surface area contributed by atoms with E-state index in [9.17, 15) is 9.59 Å². The Hall–Kier alpha value is -3.16. The molecule has 0 spiro atoms. The van der Waals surface area contributed by atoms with Crippen LogP contribution >= 0.6 is 22.9 Å². The summed E-state index contributed by atoms with van der Waals surface area (Å²) in [5.41, 5.74) is 1.26. The summed E-state index contributed by atoms with van der Waals surface area (Å²) in [6, 6.07) is 9.97. The predicted molar refractivity (Wildman–Crippen MR) is 120 cm³/mol. The van der Waals surface area contributed by atoms with Crippen molar-refractivity contribution >= 4 is 35.0 Å². The molecule has 31 heavy (non-hydrogen) atoms. The second-order valence-electron chi connectivity index (χ2n) is 6.97. The van der Waals surface area contributed by atoms with Gasteiger partial charge in [-0.05, 0) is 43.7 Å². The highest BCUT2D eigenvalue weighted by Gasteiger charge is 2.33. The summed E-state index contributed by atoms with van der Waals surface area (Å²) in [6.07, 6.45) is 3.18. The van der Waals surface area contributed by atoms with Crippen LogP contribution in [0.5, 0.6) is 0 Å². The van der Waals surface area contributed by atoms with Gasteiger partial charge in [0.15, 0.2) is 4.80 Å². The molecule has 0 radical (unpaired) electrons. The molecule has 0 unspecified atom stereocenters. The summed E-state index contributed by atoms with van der Waals surface area (Å²) in [7, 11) is 0. The predicted octanol–water partition coefficient (Wildman–Crippen LogP) is 3.52. The van der Waals surface area contributed by atoms with E-state index in [1.54, 1.807) is 43.3 Å². The summed E-state index contributed by atoms with van der Waals surface area (Å²) in [4.78, 5) is 31.3. The van der Waals surface area contributed by atoms with Crippen LogP contribution in [0.15, 0.2) is 74.5 Å². The number of allylic oxidation sites excluding steroid dienone is 1. The zero-order valence-electron chi connectivity index (χ0n) is 16.9. The molecular weight excluding hydrogens is 436 g/mol. The van der Waals surface area contributed by atoms with Crippen LogP contribution in [0, 0.1) is 6.92 Å². The normalized spacial score (nSPS) is 16.1. The van der Waals surface area contributed by atoms with Gasteiger partial charge in [-0.2, -0.15) is 0 Å². The van der Waals surface area contributed by atoms with Crippen molar-refractivity contribution in [1.82, 2.24) is 4.57 Å². The van der Waals surface area contributed by atoms with Gasteiger partial charge in [0.1, 0.15) is 18.1 Å². The summed E-state index contributed by atoms with van der Waals surface area (Å²) in [5.74, 6) is 0.783. The monoisotopic (exact) mass is 454 g/mol. The maximum atomic E-state index is 13.4. The van der Waals surface area contributed by atoms with E-state index in [2.05, 4.69) is 11.6 Å². The minimum Gasteiger partial charge on any atom is -0.462 e.